The highest BCUT2D eigenvalue weighted by atomic mass is 19.1. The summed E-state index contributed by atoms with van der Waals surface area (Å²) in [4.78, 5) is 15.8. The minimum absolute atomic E-state index is 0.0949. The first-order valence-corrected chi connectivity index (χ1v) is 7.50. The zero-order valence-corrected chi connectivity index (χ0v) is 13.3. The Morgan fingerprint density at radius 2 is 2.08 bits per heavy atom. The summed E-state index contributed by atoms with van der Waals surface area (Å²) >= 11 is 0. The molecular weight excluding hydrogens is 309 g/mol. The number of hydrogen-bond donors (Lipinski definition) is 1. The molecule has 0 unspecified atom stereocenters. The second kappa shape index (κ2) is 6.23. The molecule has 1 N–H and O–H groups in total. The molecule has 24 heavy (non-hydrogen) atoms. The second-order valence-electron chi connectivity index (χ2n) is 5.74. The maximum atomic E-state index is 13.4. The van der Waals surface area contributed by atoms with E-state index in [2.05, 4.69) is 10.1 Å². The lowest BCUT2D eigenvalue weighted by Crippen LogP contribution is -2.00. The predicted molar refractivity (Wildman–Crippen MR) is 90.2 cm³/mol. The Hall–Kier alpha value is -3.02. The Morgan fingerprint density at radius 3 is 2.75 bits per heavy atom. The molecule has 0 aliphatic heterocycles. The molecule has 0 spiro atoms. The van der Waals surface area contributed by atoms with Crippen LogP contribution in [-0.2, 0) is 0 Å². The fourth-order valence-electron chi connectivity index (χ4n) is 2.39. The van der Waals surface area contributed by atoms with Crippen molar-refractivity contribution in [3.8, 4) is 0 Å². The molecule has 1 aromatic carbocycles. The number of benzene rings is 1. The van der Waals surface area contributed by atoms with E-state index < -0.39 is 11.8 Å². The van der Waals surface area contributed by atoms with Crippen molar-refractivity contribution in [2.75, 3.05) is 0 Å². The number of carboxylic acids is 1. The molecule has 5 nitrogen and oxygen atoms in total. The van der Waals surface area contributed by atoms with Crippen LogP contribution in [0.1, 0.15) is 41.5 Å². The zero-order chi connectivity index (χ0) is 17.3. The average Bonchev–Trinajstić information content (AvgIpc) is 3.00. The minimum Gasteiger partial charge on any atom is -0.478 e. The van der Waals surface area contributed by atoms with Crippen molar-refractivity contribution >= 4 is 29.0 Å². The summed E-state index contributed by atoms with van der Waals surface area (Å²) in [5, 5.41) is 14.0. The molecule has 0 atom stereocenters. The van der Waals surface area contributed by atoms with Crippen LogP contribution in [-0.4, -0.2) is 25.8 Å². The molecule has 0 fully saturated rings. The van der Waals surface area contributed by atoms with Gasteiger partial charge in [-0.3, -0.25) is 4.68 Å². The molecule has 0 amide bonds. The third-order valence-electron chi connectivity index (χ3n) is 3.62. The molecule has 0 aliphatic rings. The lowest BCUT2D eigenvalue weighted by Gasteiger charge is -2.04. The van der Waals surface area contributed by atoms with E-state index in [9.17, 15) is 14.3 Å². The fraction of sp³-hybridized carbons (Fsp3) is 0.167. The molecule has 2 heterocycles. The second-order valence-corrected chi connectivity index (χ2v) is 5.74. The Labute approximate surface area is 138 Å². The Morgan fingerprint density at radius 1 is 1.29 bits per heavy atom. The third-order valence-corrected chi connectivity index (χ3v) is 3.62. The molecular formula is C18H16FN3O2. The van der Waals surface area contributed by atoms with Gasteiger partial charge in [-0.2, -0.15) is 5.10 Å². The first-order valence-electron chi connectivity index (χ1n) is 7.50. The Bertz CT molecular complexity index is 945. The van der Waals surface area contributed by atoms with Gasteiger partial charge in [0.2, 0.25) is 0 Å². The first kappa shape index (κ1) is 15.9. The van der Waals surface area contributed by atoms with Crippen molar-refractivity contribution < 1.29 is 14.3 Å². The van der Waals surface area contributed by atoms with Gasteiger partial charge in [0.05, 0.1) is 23.0 Å². The topological polar surface area (TPSA) is 68.0 Å². The van der Waals surface area contributed by atoms with Gasteiger partial charge in [0.1, 0.15) is 5.82 Å². The summed E-state index contributed by atoms with van der Waals surface area (Å²) in [5.41, 5.74) is 1.73. The standard InChI is InChI=1S/C18H16FN3O2/c1-11(2)22-10-12(9-20-22)3-5-14-8-16(18(23)24)15-6-4-13(19)7-17(15)21-14/h3-11H,1-2H3,(H,23,24). The van der Waals surface area contributed by atoms with Gasteiger partial charge in [0.25, 0.3) is 0 Å². The molecule has 3 rings (SSSR count). The lowest BCUT2D eigenvalue weighted by molar-refractivity contribution is 0.0699. The van der Waals surface area contributed by atoms with Crippen LogP contribution in [0.4, 0.5) is 4.39 Å². The number of nitrogens with zero attached hydrogens (tertiary/aromatic N) is 3. The van der Waals surface area contributed by atoms with Crippen LogP contribution in [0, 0.1) is 5.82 Å². The van der Waals surface area contributed by atoms with Crippen LogP contribution in [0.2, 0.25) is 0 Å². The highest BCUT2D eigenvalue weighted by Gasteiger charge is 2.11. The summed E-state index contributed by atoms with van der Waals surface area (Å²) in [7, 11) is 0. The minimum atomic E-state index is -1.07. The van der Waals surface area contributed by atoms with Crippen LogP contribution in [0.5, 0.6) is 0 Å². The maximum Gasteiger partial charge on any atom is 0.336 e. The van der Waals surface area contributed by atoms with E-state index in [4.69, 9.17) is 0 Å². The van der Waals surface area contributed by atoms with Crippen LogP contribution >= 0.6 is 0 Å². The molecule has 3 aromatic rings. The van der Waals surface area contributed by atoms with Crippen molar-refractivity contribution in [1.29, 1.82) is 0 Å². The Kier molecular flexibility index (Phi) is 4.12. The van der Waals surface area contributed by atoms with Crippen molar-refractivity contribution in [2.24, 2.45) is 0 Å². The number of fused-ring (bicyclic) bond motifs is 1. The van der Waals surface area contributed by atoms with Crippen LogP contribution in [0.15, 0.2) is 36.7 Å². The molecule has 0 aliphatic carbocycles. The summed E-state index contributed by atoms with van der Waals surface area (Å²) in [5.74, 6) is -1.53. The van der Waals surface area contributed by atoms with Crippen LogP contribution in [0.3, 0.4) is 0 Å². The molecule has 6 heteroatoms. The highest BCUT2D eigenvalue weighted by Crippen LogP contribution is 2.21. The van der Waals surface area contributed by atoms with Gasteiger partial charge >= 0.3 is 5.97 Å². The van der Waals surface area contributed by atoms with Crippen LogP contribution < -0.4 is 0 Å². The van der Waals surface area contributed by atoms with Gasteiger partial charge in [0, 0.05) is 29.3 Å². The maximum absolute atomic E-state index is 13.4. The summed E-state index contributed by atoms with van der Waals surface area (Å²) < 4.78 is 15.2. The number of rotatable bonds is 4. The number of carbonyl (C=O) groups is 1. The van der Waals surface area contributed by atoms with Crippen molar-refractivity contribution in [3.05, 3.63) is 59.3 Å². The van der Waals surface area contributed by atoms with Gasteiger partial charge in [-0.05, 0) is 44.2 Å². The summed E-state index contributed by atoms with van der Waals surface area (Å²) in [6.45, 7) is 4.05. The van der Waals surface area contributed by atoms with E-state index in [1.165, 1.54) is 24.3 Å². The number of carboxylic acid groups (broad SMARTS) is 1. The summed E-state index contributed by atoms with van der Waals surface area (Å²) in [6, 6.07) is 5.63. The molecule has 2 aromatic heterocycles. The van der Waals surface area contributed by atoms with E-state index >= 15 is 0 Å². The number of pyridine rings is 1. The van der Waals surface area contributed by atoms with Crippen molar-refractivity contribution in [1.82, 2.24) is 14.8 Å². The molecule has 0 radical (unpaired) electrons. The third kappa shape index (κ3) is 3.17. The monoisotopic (exact) mass is 325 g/mol. The smallest absolute Gasteiger partial charge is 0.336 e. The molecule has 0 saturated carbocycles. The van der Waals surface area contributed by atoms with E-state index in [1.54, 1.807) is 18.3 Å². The van der Waals surface area contributed by atoms with E-state index in [1.807, 2.05) is 24.7 Å². The van der Waals surface area contributed by atoms with Gasteiger partial charge in [-0.25, -0.2) is 14.2 Å². The van der Waals surface area contributed by atoms with E-state index in [-0.39, 0.29) is 11.6 Å². The van der Waals surface area contributed by atoms with Crippen molar-refractivity contribution in [3.63, 3.8) is 0 Å². The number of aromatic carboxylic acids is 1. The predicted octanol–water partition coefficient (Wildman–Crippen LogP) is 4.02. The largest absolute Gasteiger partial charge is 0.478 e. The number of hydrogen-bond acceptors (Lipinski definition) is 3. The van der Waals surface area contributed by atoms with E-state index in [0.29, 0.717) is 16.6 Å². The summed E-state index contributed by atoms with van der Waals surface area (Å²) in [6.07, 6.45) is 7.10. The number of halogens is 1. The Balaban J connectivity index is 2.02. The van der Waals surface area contributed by atoms with Gasteiger partial charge in [-0.1, -0.05) is 0 Å². The average molecular weight is 325 g/mol. The lowest BCUT2D eigenvalue weighted by atomic mass is 10.1. The SMILES string of the molecule is CC(C)n1cc(C=Cc2cc(C(=O)O)c3ccc(F)cc3n2)cn1. The molecule has 122 valence electrons. The first-order chi connectivity index (χ1) is 11.4. The number of aromatic nitrogens is 3. The fourth-order valence-corrected chi connectivity index (χ4v) is 2.39. The normalized spacial score (nSPS) is 11.7. The van der Waals surface area contributed by atoms with Crippen LogP contribution in [0.25, 0.3) is 23.1 Å². The van der Waals surface area contributed by atoms with E-state index in [0.717, 1.165) is 5.56 Å². The zero-order valence-electron chi connectivity index (χ0n) is 13.3. The molecule has 0 bridgehead atoms. The van der Waals surface area contributed by atoms with Gasteiger partial charge in [-0.15, -0.1) is 0 Å². The van der Waals surface area contributed by atoms with Gasteiger partial charge in [0.15, 0.2) is 0 Å². The quantitative estimate of drug-likeness (QED) is 0.786. The van der Waals surface area contributed by atoms with Crippen molar-refractivity contribution in [2.45, 2.75) is 19.9 Å². The van der Waals surface area contributed by atoms with Gasteiger partial charge < -0.3 is 5.11 Å². The highest BCUT2D eigenvalue weighted by molar-refractivity contribution is 6.03. The molecule has 0 saturated heterocycles.